The Bertz CT molecular complexity index is 909. The summed E-state index contributed by atoms with van der Waals surface area (Å²) in [6.07, 6.45) is 2.21. The Hall–Kier alpha value is -2.32. The molecule has 0 N–H and O–H groups in total. The van der Waals surface area contributed by atoms with Crippen molar-refractivity contribution in [2.75, 3.05) is 39.4 Å². The molecule has 4 rings (SSSR count). The topological polar surface area (TPSA) is 62.7 Å². The second-order valence-electron chi connectivity index (χ2n) is 7.85. The molecule has 1 unspecified atom stereocenters. The van der Waals surface area contributed by atoms with Gasteiger partial charge in [-0.15, -0.1) is 11.3 Å². The molecule has 1 aromatic carbocycles. The normalized spacial score (nSPS) is 19.7. The van der Waals surface area contributed by atoms with E-state index in [0.717, 1.165) is 23.4 Å². The molecule has 8 heteroatoms. The first-order valence-corrected chi connectivity index (χ1v) is 11.2. The van der Waals surface area contributed by atoms with Gasteiger partial charge in [0.1, 0.15) is 10.7 Å². The van der Waals surface area contributed by atoms with Crippen molar-refractivity contribution < 1.29 is 18.7 Å². The number of halogens is 1. The number of benzene rings is 1. The van der Waals surface area contributed by atoms with Crippen molar-refractivity contribution in [2.24, 2.45) is 5.92 Å². The number of aromatic nitrogens is 1. The van der Waals surface area contributed by atoms with E-state index < -0.39 is 0 Å². The number of aryl methyl sites for hydroxylation is 1. The highest BCUT2D eigenvalue weighted by molar-refractivity contribution is 7.13. The van der Waals surface area contributed by atoms with Gasteiger partial charge in [0.25, 0.3) is 5.91 Å². The summed E-state index contributed by atoms with van der Waals surface area (Å²) in [6.45, 7) is 5.39. The maximum atomic E-state index is 13.2. The molecular weight excluding hydrogens is 405 g/mol. The van der Waals surface area contributed by atoms with Crippen molar-refractivity contribution in [2.45, 2.75) is 26.2 Å². The van der Waals surface area contributed by atoms with Gasteiger partial charge in [-0.3, -0.25) is 9.59 Å². The number of likely N-dealkylation sites (tertiary alicyclic amines) is 1. The van der Waals surface area contributed by atoms with E-state index in [4.69, 9.17) is 4.74 Å². The van der Waals surface area contributed by atoms with Gasteiger partial charge in [-0.05, 0) is 37.5 Å². The van der Waals surface area contributed by atoms with E-state index in [1.54, 1.807) is 17.0 Å². The van der Waals surface area contributed by atoms with Gasteiger partial charge in [0.2, 0.25) is 5.91 Å². The fourth-order valence-electron chi connectivity index (χ4n) is 4.05. The van der Waals surface area contributed by atoms with Crippen molar-refractivity contribution in [3.63, 3.8) is 0 Å². The summed E-state index contributed by atoms with van der Waals surface area (Å²) in [5, 5.41) is 0.834. The average molecular weight is 432 g/mol. The van der Waals surface area contributed by atoms with Crippen molar-refractivity contribution in [3.8, 4) is 0 Å². The summed E-state index contributed by atoms with van der Waals surface area (Å²) in [4.78, 5) is 34.9. The summed E-state index contributed by atoms with van der Waals surface area (Å²) in [5.41, 5.74) is 1.67. The monoisotopic (exact) mass is 431 g/mol. The first-order valence-electron chi connectivity index (χ1n) is 10.4. The predicted octanol–water partition coefficient (Wildman–Crippen LogP) is 2.89. The Kier molecular flexibility index (Phi) is 6.43. The summed E-state index contributed by atoms with van der Waals surface area (Å²) in [7, 11) is 0. The summed E-state index contributed by atoms with van der Waals surface area (Å²) in [6, 6.07) is 6.34. The van der Waals surface area contributed by atoms with Crippen molar-refractivity contribution in [1.82, 2.24) is 14.8 Å². The highest BCUT2D eigenvalue weighted by Crippen LogP contribution is 2.26. The van der Waals surface area contributed by atoms with Gasteiger partial charge in [0, 0.05) is 32.6 Å². The Morgan fingerprint density at radius 2 is 1.90 bits per heavy atom. The lowest BCUT2D eigenvalue weighted by Crippen LogP contribution is -2.49. The SMILES string of the molecule is Cc1nc(Cc2ccc(F)cc2)sc1C(=O)N1CCCC(C(=O)N2CCOCC2)C1. The molecule has 2 saturated heterocycles. The molecule has 2 aliphatic rings. The second-order valence-corrected chi connectivity index (χ2v) is 8.94. The summed E-state index contributed by atoms with van der Waals surface area (Å²) in [5.74, 6) is -0.326. The number of nitrogens with zero attached hydrogens (tertiary/aromatic N) is 3. The van der Waals surface area contributed by atoms with E-state index in [0.29, 0.717) is 56.4 Å². The molecule has 2 aliphatic heterocycles. The third-order valence-electron chi connectivity index (χ3n) is 5.68. The molecule has 2 fully saturated rings. The zero-order chi connectivity index (χ0) is 21.1. The van der Waals surface area contributed by atoms with Gasteiger partial charge in [-0.1, -0.05) is 12.1 Å². The van der Waals surface area contributed by atoms with E-state index in [2.05, 4.69) is 4.98 Å². The lowest BCUT2D eigenvalue weighted by atomic mass is 9.96. The van der Waals surface area contributed by atoms with Gasteiger partial charge in [0.15, 0.2) is 0 Å². The van der Waals surface area contributed by atoms with Crippen LogP contribution in [0.25, 0.3) is 0 Å². The predicted molar refractivity (Wildman–Crippen MR) is 112 cm³/mol. The van der Waals surface area contributed by atoms with Crippen LogP contribution in [0, 0.1) is 18.7 Å². The number of amides is 2. The fourth-order valence-corrected chi connectivity index (χ4v) is 5.12. The van der Waals surface area contributed by atoms with Crippen LogP contribution in [0.2, 0.25) is 0 Å². The number of rotatable bonds is 4. The molecule has 0 aliphatic carbocycles. The molecule has 1 aromatic heterocycles. The zero-order valence-electron chi connectivity index (χ0n) is 17.1. The minimum absolute atomic E-state index is 0.0465. The van der Waals surface area contributed by atoms with Crippen LogP contribution < -0.4 is 0 Å². The number of hydrogen-bond acceptors (Lipinski definition) is 5. The Morgan fingerprint density at radius 1 is 1.17 bits per heavy atom. The number of ether oxygens (including phenoxy) is 1. The molecular formula is C22H26FN3O3S. The molecule has 6 nitrogen and oxygen atoms in total. The highest BCUT2D eigenvalue weighted by Gasteiger charge is 2.33. The highest BCUT2D eigenvalue weighted by atomic mass is 32.1. The molecule has 160 valence electrons. The Balaban J connectivity index is 1.42. The number of carbonyl (C=O) groups is 2. The van der Waals surface area contributed by atoms with Crippen molar-refractivity contribution in [3.05, 3.63) is 51.2 Å². The maximum Gasteiger partial charge on any atom is 0.265 e. The van der Waals surface area contributed by atoms with Crippen LogP contribution in [0.5, 0.6) is 0 Å². The number of hydrogen-bond donors (Lipinski definition) is 0. The van der Waals surface area contributed by atoms with Crippen LogP contribution in [-0.4, -0.2) is 66.0 Å². The number of carbonyl (C=O) groups excluding carboxylic acids is 2. The van der Waals surface area contributed by atoms with Crippen molar-refractivity contribution >= 4 is 23.2 Å². The van der Waals surface area contributed by atoms with E-state index >= 15 is 0 Å². The van der Waals surface area contributed by atoms with Crippen LogP contribution in [0.3, 0.4) is 0 Å². The third-order valence-corrected chi connectivity index (χ3v) is 6.83. The van der Waals surface area contributed by atoms with Crippen LogP contribution >= 0.6 is 11.3 Å². The number of piperidine rings is 1. The van der Waals surface area contributed by atoms with E-state index in [-0.39, 0.29) is 23.5 Å². The van der Waals surface area contributed by atoms with E-state index in [9.17, 15) is 14.0 Å². The summed E-state index contributed by atoms with van der Waals surface area (Å²) < 4.78 is 18.5. The van der Waals surface area contributed by atoms with Gasteiger partial charge in [-0.25, -0.2) is 9.37 Å². The third kappa shape index (κ3) is 4.70. The van der Waals surface area contributed by atoms with Crippen LogP contribution in [0.1, 0.15) is 38.8 Å². The first-order chi connectivity index (χ1) is 14.5. The summed E-state index contributed by atoms with van der Waals surface area (Å²) >= 11 is 1.39. The number of morpholine rings is 1. The van der Waals surface area contributed by atoms with Gasteiger partial charge in [-0.2, -0.15) is 0 Å². The van der Waals surface area contributed by atoms with Gasteiger partial charge in [0.05, 0.1) is 29.8 Å². The van der Waals surface area contributed by atoms with Crippen LogP contribution in [-0.2, 0) is 16.0 Å². The molecule has 0 saturated carbocycles. The quantitative estimate of drug-likeness (QED) is 0.747. The molecule has 2 aromatic rings. The molecule has 1 atom stereocenters. The second kappa shape index (κ2) is 9.22. The standard InChI is InChI=1S/C22H26FN3O3S/c1-15-20(30-19(24-15)13-16-4-6-18(23)7-5-16)22(28)26-8-2-3-17(14-26)21(27)25-9-11-29-12-10-25/h4-7,17H,2-3,8-14H2,1H3. The van der Waals surface area contributed by atoms with Gasteiger partial charge >= 0.3 is 0 Å². The zero-order valence-corrected chi connectivity index (χ0v) is 17.9. The maximum absolute atomic E-state index is 13.2. The van der Waals surface area contributed by atoms with Gasteiger partial charge < -0.3 is 14.5 Å². The molecule has 0 spiro atoms. The molecule has 3 heterocycles. The number of thiazole rings is 1. The first kappa shape index (κ1) is 20.9. The smallest absolute Gasteiger partial charge is 0.265 e. The van der Waals surface area contributed by atoms with E-state index in [1.807, 2.05) is 11.8 Å². The molecule has 0 radical (unpaired) electrons. The molecule has 2 amide bonds. The minimum Gasteiger partial charge on any atom is -0.378 e. The van der Waals surface area contributed by atoms with E-state index in [1.165, 1.54) is 23.5 Å². The van der Waals surface area contributed by atoms with Crippen LogP contribution in [0.4, 0.5) is 4.39 Å². The van der Waals surface area contributed by atoms with Crippen LogP contribution in [0.15, 0.2) is 24.3 Å². The Morgan fingerprint density at radius 3 is 2.63 bits per heavy atom. The molecule has 30 heavy (non-hydrogen) atoms. The molecule has 0 bridgehead atoms. The lowest BCUT2D eigenvalue weighted by Gasteiger charge is -2.36. The largest absolute Gasteiger partial charge is 0.378 e. The average Bonchev–Trinajstić information content (AvgIpc) is 3.15. The Labute approximate surface area is 179 Å². The lowest BCUT2D eigenvalue weighted by molar-refractivity contribution is -0.141. The minimum atomic E-state index is -0.267. The fraction of sp³-hybridized carbons (Fsp3) is 0.500. The van der Waals surface area contributed by atoms with Crippen molar-refractivity contribution in [1.29, 1.82) is 0 Å².